The second-order valence-corrected chi connectivity index (χ2v) is 15.0. The van der Waals surface area contributed by atoms with Crippen molar-refractivity contribution in [3.63, 3.8) is 0 Å². The first-order valence-corrected chi connectivity index (χ1v) is 21.7. The van der Waals surface area contributed by atoms with Crippen LogP contribution in [-0.4, -0.2) is 133 Å². The lowest BCUT2D eigenvalue weighted by molar-refractivity contribution is -0.145. The van der Waals surface area contributed by atoms with Gasteiger partial charge in [-0.15, -0.1) is 0 Å². The van der Waals surface area contributed by atoms with Crippen molar-refractivity contribution in [2.24, 2.45) is 0 Å². The Morgan fingerprint density at radius 2 is 0.862 bits per heavy atom. The van der Waals surface area contributed by atoms with Crippen molar-refractivity contribution < 1.29 is 82.5 Å². The summed E-state index contributed by atoms with van der Waals surface area (Å²) in [6.45, 7) is -1.27. The van der Waals surface area contributed by atoms with Gasteiger partial charge in [0.1, 0.15) is 6.61 Å². The molecule has 0 spiro atoms. The number of anilines is 1. The van der Waals surface area contributed by atoms with Crippen molar-refractivity contribution in [1.29, 1.82) is 0 Å². The molecule has 0 fully saturated rings. The van der Waals surface area contributed by atoms with Crippen LogP contribution in [0.15, 0.2) is 48.5 Å². The van der Waals surface area contributed by atoms with Gasteiger partial charge >= 0.3 is 29.8 Å². The van der Waals surface area contributed by atoms with Crippen LogP contribution in [0.25, 0.3) is 0 Å². The highest BCUT2D eigenvalue weighted by molar-refractivity contribution is 6.03. The van der Waals surface area contributed by atoms with Crippen LogP contribution in [0.3, 0.4) is 0 Å². The summed E-state index contributed by atoms with van der Waals surface area (Å²) in [7, 11) is 0. The average Bonchev–Trinajstić information content (AvgIpc) is 3.26. The zero-order valence-corrected chi connectivity index (χ0v) is 36.6. The first-order valence-electron chi connectivity index (χ1n) is 21.7. The largest absolute Gasteiger partial charge is 0.481 e. The van der Waals surface area contributed by atoms with E-state index in [0.717, 1.165) is 50.5 Å². The van der Waals surface area contributed by atoms with E-state index in [4.69, 9.17) is 44.1 Å². The Kier molecular flexibility index (Phi) is 28.5. The minimum Gasteiger partial charge on any atom is -0.481 e. The molecule has 0 aromatic heterocycles. The fourth-order valence-corrected chi connectivity index (χ4v) is 5.95. The van der Waals surface area contributed by atoms with Gasteiger partial charge in [0, 0.05) is 29.7 Å². The van der Waals surface area contributed by atoms with Gasteiger partial charge in [-0.2, -0.15) is 0 Å². The molecule has 0 atom stereocenters. The van der Waals surface area contributed by atoms with Crippen LogP contribution in [0.2, 0.25) is 0 Å². The van der Waals surface area contributed by atoms with Gasteiger partial charge in [0.25, 0.3) is 11.8 Å². The zero-order chi connectivity index (χ0) is 47.7. The highest BCUT2D eigenvalue weighted by Gasteiger charge is 2.21. The molecular formula is C45H63N3O17. The maximum absolute atomic E-state index is 13.7. The number of ether oxygens (including phenoxy) is 5. The Hall–Kier alpha value is -5.96. The molecule has 0 aliphatic rings. The van der Waals surface area contributed by atoms with E-state index >= 15 is 0 Å². The van der Waals surface area contributed by atoms with E-state index in [-0.39, 0.29) is 120 Å². The van der Waals surface area contributed by atoms with Gasteiger partial charge in [-0.1, -0.05) is 68.9 Å². The van der Waals surface area contributed by atoms with Crippen LogP contribution in [-0.2, 0) is 59.1 Å². The van der Waals surface area contributed by atoms with Crippen molar-refractivity contribution in [3.05, 3.63) is 65.2 Å². The second-order valence-electron chi connectivity index (χ2n) is 15.0. The Bertz CT molecular complexity index is 1670. The molecule has 0 aliphatic carbocycles. The van der Waals surface area contributed by atoms with Gasteiger partial charge in [0.15, 0.2) is 0 Å². The molecule has 2 rings (SSSR count). The monoisotopic (exact) mass is 917 g/mol. The molecule has 3 amide bonds. The van der Waals surface area contributed by atoms with Crippen LogP contribution < -0.4 is 16.0 Å². The summed E-state index contributed by atoms with van der Waals surface area (Å²) in [5.41, 5.74) is 0.893. The van der Waals surface area contributed by atoms with Gasteiger partial charge in [-0.3, -0.25) is 38.4 Å². The SMILES string of the molecule is O=C(O)CCOCC(COCCC(=O)O)NC(=O)c1cc(NC(=O)CCCCCCCCCCC(=O)OCc2ccccc2)cc(C(=O)NC(COCCC(=O)O)COCCC(=O)O)c1. The quantitative estimate of drug-likeness (QED) is 0.0362. The number of nitrogens with one attached hydrogen (secondary N) is 3. The first-order chi connectivity index (χ1) is 31.2. The fraction of sp³-hybridized carbons (Fsp3) is 0.556. The minimum absolute atomic E-state index is 0.0786. The fourth-order valence-electron chi connectivity index (χ4n) is 5.95. The maximum atomic E-state index is 13.7. The van der Waals surface area contributed by atoms with Crippen LogP contribution in [0.1, 0.15) is 116 Å². The number of carboxylic acid groups (broad SMARTS) is 4. The molecule has 0 aliphatic heterocycles. The first kappa shape index (κ1) is 55.2. The molecule has 0 radical (unpaired) electrons. The smallest absolute Gasteiger partial charge is 0.306 e. The van der Waals surface area contributed by atoms with Crippen LogP contribution in [0.5, 0.6) is 0 Å². The predicted molar refractivity (Wildman–Crippen MR) is 232 cm³/mol. The predicted octanol–water partition coefficient (Wildman–Crippen LogP) is 4.43. The number of hydrogen-bond donors (Lipinski definition) is 7. The van der Waals surface area contributed by atoms with Crippen molar-refractivity contribution in [1.82, 2.24) is 10.6 Å². The molecule has 20 nitrogen and oxygen atoms in total. The zero-order valence-electron chi connectivity index (χ0n) is 36.6. The molecule has 65 heavy (non-hydrogen) atoms. The molecule has 0 bridgehead atoms. The third-order valence-corrected chi connectivity index (χ3v) is 9.31. The highest BCUT2D eigenvalue weighted by Crippen LogP contribution is 2.18. The van der Waals surface area contributed by atoms with Crippen molar-refractivity contribution in [2.75, 3.05) is 58.2 Å². The normalized spacial score (nSPS) is 11.0. The standard InChI is InChI=1S/C45H63N3O17/c49-38(14-10-5-3-1-2-4-6-11-15-43(58)65-27-32-12-8-7-9-13-32)46-35-25-33(44(59)47-36(28-61-20-16-39(50)51)29-62-21-17-40(52)53)24-34(26-35)45(60)48-37(30-63-22-18-41(54)55)31-64-23-19-42(56)57/h7-9,12-13,24-26,36-37H,1-6,10-11,14-23,27-31H2,(H,46,49)(H,47,59)(H,48,60)(H,50,51)(H,52,53)(H,54,55)(H,56,57). The Morgan fingerprint density at radius 1 is 0.477 bits per heavy atom. The van der Waals surface area contributed by atoms with E-state index in [1.807, 2.05) is 30.3 Å². The number of unbranched alkanes of at least 4 members (excludes halogenated alkanes) is 7. The van der Waals surface area contributed by atoms with Crippen molar-refractivity contribution in [2.45, 2.75) is 109 Å². The molecule has 2 aromatic rings. The van der Waals surface area contributed by atoms with E-state index in [2.05, 4.69) is 16.0 Å². The van der Waals surface area contributed by atoms with E-state index in [9.17, 15) is 38.4 Å². The summed E-state index contributed by atoms with van der Waals surface area (Å²) < 4.78 is 26.9. The van der Waals surface area contributed by atoms with Gasteiger partial charge in [-0.05, 0) is 36.6 Å². The van der Waals surface area contributed by atoms with Crippen molar-refractivity contribution >= 4 is 53.3 Å². The summed E-state index contributed by atoms with van der Waals surface area (Å²) >= 11 is 0. The number of amides is 3. The number of carbonyl (C=O) groups excluding carboxylic acids is 4. The lowest BCUT2D eigenvalue weighted by Crippen LogP contribution is -2.43. The molecule has 360 valence electrons. The van der Waals surface area contributed by atoms with Crippen LogP contribution in [0.4, 0.5) is 5.69 Å². The summed E-state index contributed by atoms with van der Waals surface area (Å²) in [6.07, 6.45) is 6.10. The molecule has 0 heterocycles. The third-order valence-electron chi connectivity index (χ3n) is 9.31. The van der Waals surface area contributed by atoms with Crippen molar-refractivity contribution in [3.8, 4) is 0 Å². The summed E-state index contributed by atoms with van der Waals surface area (Å²) in [5.74, 6) is -6.48. The van der Waals surface area contributed by atoms with E-state index in [1.165, 1.54) is 18.2 Å². The molecule has 7 N–H and O–H groups in total. The lowest BCUT2D eigenvalue weighted by atomic mass is 10.1. The van der Waals surface area contributed by atoms with E-state index in [0.29, 0.717) is 12.8 Å². The van der Waals surface area contributed by atoms with E-state index < -0.39 is 47.8 Å². The summed E-state index contributed by atoms with van der Waals surface area (Å²) in [6, 6.07) is 11.7. The Morgan fingerprint density at radius 3 is 1.26 bits per heavy atom. The minimum atomic E-state index is -1.10. The molecule has 0 saturated heterocycles. The Labute approximate surface area is 377 Å². The number of benzene rings is 2. The highest BCUT2D eigenvalue weighted by atomic mass is 16.5. The number of rotatable bonds is 38. The molecule has 2 aromatic carbocycles. The lowest BCUT2D eigenvalue weighted by Gasteiger charge is -2.21. The van der Waals surface area contributed by atoms with Gasteiger partial charge in [0.05, 0.1) is 90.6 Å². The number of carbonyl (C=O) groups is 8. The third kappa shape index (κ3) is 28.5. The molecular weight excluding hydrogens is 854 g/mol. The second kappa shape index (κ2) is 33.5. The summed E-state index contributed by atoms with van der Waals surface area (Å²) in [4.78, 5) is 96.4. The number of hydrogen-bond acceptors (Lipinski definition) is 13. The van der Waals surface area contributed by atoms with Crippen LogP contribution in [0, 0.1) is 0 Å². The molecule has 0 unspecified atom stereocenters. The Balaban J connectivity index is 2.06. The molecule has 20 heteroatoms. The number of aliphatic carboxylic acids is 4. The summed E-state index contributed by atoms with van der Waals surface area (Å²) in [5, 5.41) is 44.0. The molecule has 0 saturated carbocycles. The van der Waals surface area contributed by atoms with Gasteiger partial charge in [-0.25, -0.2) is 0 Å². The number of esters is 1. The average molecular weight is 918 g/mol. The van der Waals surface area contributed by atoms with E-state index in [1.54, 1.807) is 0 Å². The number of carboxylic acids is 4. The van der Waals surface area contributed by atoms with Crippen LogP contribution >= 0.6 is 0 Å². The maximum Gasteiger partial charge on any atom is 0.306 e. The van der Waals surface area contributed by atoms with Gasteiger partial charge < -0.3 is 60.1 Å². The topological polar surface area (TPSA) is 300 Å². The van der Waals surface area contributed by atoms with Gasteiger partial charge in [0.2, 0.25) is 5.91 Å².